The van der Waals surface area contributed by atoms with E-state index in [0.717, 1.165) is 12.5 Å². The highest BCUT2D eigenvalue weighted by molar-refractivity contribution is 14.0. The number of aryl methyl sites for hydroxylation is 1. The number of nitrogens with zero attached hydrogens (tertiary/aromatic N) is 1. The predicted octanol–water partition coefficient (Wildman–Crippen LogP) is 1.80. The Bertz CT molecular complexity index is 463. The SMILES string of the molecule is CCNC(=NCc1ccccc1C)NCCNC(C)=O.I. The summed E-state index contributed by atoms with van der Waals surface area (Å²) in [6.45, 7) is 8.31. The Morgan fingerprint density at radius 2 is 1.81 bits per heavy atom. The number of carbonyl (C=O) groups is 1. The monoisotopic (exact) mass is 404 g/mol. The number of hydrogen-bond acceptors (Lipinski definition) is 2. The number of carbonyl (C=O) groups excluding carboxylic acids is 1. The molecule has 3 N–H and O–H groups in total. The molecule has 0 atom stereocenters. The lowest BCUT2D eigenvalue weighted by atomic mass is 10.1. The fourth-order valence-electron chi connectivity index (χ4n) is 1.71. The van der Waals surface area contributed by atoms with Crippen LogP contribution in [0.15, 0.2) is 29.3 Å². The molecule has 1 aromatic carbocycles. The van der Waals surface area contributed by atoms with Crippen LogP contribution in [-0.2, 0) is 11.3 Å². The average molecular weight is 404 g/mol. The first-order valence-corrected chi connectivity index (χ1v) is 6.94. The minimum absolute atomic E-state index is 0. The summed E-state index contributed by atoms with van der Waals surface area (Å²) in [7, 11) is 0. The van der Waals surface area contributed by atoms with Crippen molar-refractivity contribution in [2.24, 2.45) is 4.99 Å². The van der Waals surface area contributed by atoms with Gasteiger partial charge in [0.2, 0.25) is 5.91 Å². The summed E-state index contributed by atoms with van der Waals surface area (Å²) < 4.78 is 0. The van der Waals surface area contributed by atoms with E-state index in [0.29, 0.717) is 19.6 Å². The quantitative estimate of drug-likeness (QED) is 0.293. The molecule has 0 aliphatic heterocycles. The van der Waals surface area contributed by atoms with Gasteiger partial charge in [0.15, 0.2) is 5.96 Å². The van der Waals surface area contributed by atoms with Crippen molar-refractivity contribution in [3.05, 3.63) is 35.4 Å². The van der Waals surface area contributed by atoms with Crippen molar-refractivity contribution in [1.82, 2.24) is 16.0 Å². The number of nitrogens with one attached hydrogen (secondary N) is 3. The van der Waals surface area contributed by atoms with Crippen LogP contribution in [0, 0.1) is 6.92 Å². The number of hydrogen-bond donors (Lipinski definition) is 3. The smallest absolute Gasteiger partial charge is 0.216 e. The van der Waals surface area contributed by atoms with Gasteiger partial charge in [-0.2, -0.15) is 0 Å². The third-order valence-corrected chi connectivity index (χ3v) is 2.80. The molecule has 21 heavy (non-hydrogen) atoms. The highest BCUT2D eigenvalue weighted by Crippen LogP contribution is 2.07. The highest BCUT2D eigenvalue weighted by atomic mass is 127. The number of halogens is 1. The van der Waals surface area contributed by atoms with E-state index < -0.39 is 0 Å². The molecule has 0 spiro atoms. The molecule has 0 unspecified atom stereocenters. The number of benzene rings is 1. The van der Waals surface area contributed by atoms with Crippen LogP contribution in [0.25, 0.3) is 0 Å². The van der Waals surface area contributed by atoms with Crippen LogP contribution in [0.4, 0.5) is 0 Å². The van der Waals surface area contributed by atoms with Crippen molar-refractivity contribution >= 4 is 35.8 Å². The molecule has 0 radical (unpaired) electrons. The Balaban J connectivity index is 0.00000400. The summed E-state index contributed by atoms with van der Waals surface area (Å²) in [5.74, 6) is 0.745. The van der Waals surface area contributed by atoms with E-state index in [-0.39, 0.29) is 29.9 Å². The van der Waals surface area contributed by atoms with Crippen LogP contribution in [0.3, 0.4) is 0 Å². The minimum Gasteiger partial charge on any atom is -0.357 e. The van der Waals surface area contributed by atoms with Gasteiger partial charge in [-0.1, -0.05) is 24.3 Å². The van der Waals surface area contributed by atoms with Gasteiger partial charge in [0.1, 0.15) is 0 Å². The van der Waals surface area contributed by atoms with E-state index in [1.54, 1.807) is 0 Å². The molecular formula is C15H25IN4O. The summed E-state index contributed by atoms with van der Waals surface area (Å²) in [6.07, 6.45) is 0. The van der Waals surface area contributed by atoms with Gasteiger partial charge in [-0.05, 0) is 25.0 Å². The summed E-state index contributed by atoms with van der Waals surface area (Å²) >= 11 is 0. The molecule has 0 saturated carbocycles. The van der Waals surface area contributed by atoms with Gasteiger partial charge in [-0.15, -0.1) is 24.0 Å². The van der Waals surface area contributed by atoms with Crippen molar-refractivity contribution < 1.29 is 4.79 Å². The molecule has 0 fully saturated rings. The Morgan fingerprint density at radius 1 is 1.14 bits per heavy atom. The first-order valence-electron chi connectivity index (χ1n) is 6.94. The van der Waals surface area contributed by atoms with Crippen molar-refractivity contribution in [3.8, 4) is 0 Å². The third kappa shape index (κ3) is 8.54. The van der Waals surface area contributed by atoms with Crippen molar-refractivity contribution in [3.63, 3.8) is 0 Å². The van der Waals surface area contributed by atoms with E-state index in [9.17, 15) is 4.79 Å². The minimum atomic E-state index is -0.0198. The van der Waals surface area contributed by atoms with E-state index in [4.69, 9.17) is 0 Å². The van der Waals surface area contributed by atoms with Gasteiger partial charge in [-0.25, -0.2) is 4.99 Å². The lowest BCUT2D eigenvalue weighted by Gasteiger charge is -2.12. The van der Waals surface area contributed by atoms with Crippen LogP contribution in [-0.4, -0.2) is 31.5 Å². The predicted molar refractivity (Wildman–Crippen MR) is 98.1 cm³/mol. The summed E-state index contributed by atoms with van der Waals surface area (Å²) in [4.78, 5) is 15.3. The molecular weight excluding hydrogens is 379 g/mol. The Morgan fingerprint density at radius 3 is 2.43 bits per heavy atom. The van der Waals surface area contributed by atoms with E-state index in [2.05, 4.69) is 40.0 Å². The zero-order valence-corrected chi connectivity index (χ0v) is 15.2. The zero-order valence-electron chi connectivity index (χ0n) is 12.9. The Hall–Kier alpha value is -1.31. The maximum absolute atomic E-state index is 10.8. The third-order valence-electron chi connectivity index (χ3n) is 2.80. The van der Waals surface area contributed by atoms with E-state index in [1.807, 2.05) is 19.1 Å². The molecule has 5 nitrogen and oxygen atoms in total. The topological polar surface area (TPSA) is 65.5 Å². The molecule has 118 valence electrons. The van der Waals surface area contributed by atoms with Gasteiger partial charge in [0.05, 0.1) is 6.54 Å². The zero-order chi connectivity index (χ0) is 14.8. The number of aliphatic imine (C=N–C) groups is 1. The average Bonchev–Trinajstić information content (AvgIpc) is 2.42. The fraction of sp³-hybridized carbons (Fsp3) is 0.467. The first kappa shape index (κ1) is 19.7. The normalized spacial score (nSPS) is 10.5. The molecule has 0 bridgehead atoms. The molecule has 6 heteroatoms. The van der Waals surface area contributed by atoms with Crippen LogP contribution >= 0.6 is 24.0 Å². The molecule has 0 aliphatic carbocycles. The molecule has 0 aromatic heterocycles. The van der Waals surface area contributed by atoms with Crippen LogP contribution in [0.1, 0.15) is 25.0 Å². The summed E-state index contributed by atoms with van der Waals surface area (Å²) in [5, 5.41) is 9.12. The lowest BCUT2D eigenvalue weighted by Crippen LogP contribution is -2.41. The summed E-state index contributed by atoms with van der Waals surface area (Å²) in [6, 6.07) is 8.22. The lowest BCUT2D eigenvalue weighted by molar-refractivity contribution is -0.118. The number of rotatable bonds is 6. The highest BCUT2D eigenvalue weighted by Gasteiger charge is 1.99. The molecule has 0 aliphatic rings. The largest absolute Gasteiger partial charge is 0.357 e. The van der Waals surface area contributed by atoms with Crippen molar-refractivity contribution in [2.75, 3.05) is 19.6 Å². The Labute approximate surface area is 144 Å². The summed E-state index contributed by atoms with van der Waals surface area (Å²) in [5.41, 5.74) is 2.46. The van der Waals surface area contributed by atoms with Gasteiger partial charge in [-0.3, -0.25) is 4.79 Å². The molecule has 1 rings (SSSR count). The second kappa shape index (κ2) is 11.4. The second-order valence-corrected chi connectivity index (χ2v) is 4.53. The van der Waals surface area contributed by atoms with Gasteiger partial charge >= 0.3 is 0 Å². The van der Waals surface area contributed by atoms with Gasteiger partial charge in [0, 0.05) is 26.6 Å². The molecule has 1 amide bonds. The maximum atomic E-state index is 10.8. The first-order chi connectivity index (χ1) is 9.63. The number of guanidine groups is 1. The molecule has 1 aromatic rings. The Kier molecular flexibility index (Phi) is 10.7. The van der Waals surface area contributed by atoms with E-state index >= 15 is 0 Å². The molecule has 0 heterocycles. The van der Waals surface area contributed by atoms with Crippen LogP contribution in [0.5, 0.6) is 0 Å². The fourth-order valence-corrected chi connectivity index (χ4v) is 1.71. The number of amides is 1. The van der Waals surface area contributed by atoms with Crippen LogP contribution in [0.2, 0.25) is 0 Å². The second-order valence-electron chi connectivity index (χ2n) is 4.53. The van der Waals surface area contributed by atoms with Gasteiger partial charge in [0.25, 0.3) is 0 Å². The standard InChI is InChI=1S/C15H24N4O.HI/c1-4-16-15(18-10-9-17-13(3)20)19-11-14-8-6-5-7-12(14)2;/h5-8H,4,9-11H2,1-3H3,(H,17,20)(H2,16,18,19);1H. The van der Waals surface area contributed by atoms with Gasteiger partial charge < -0.3 is 16.0 Å². The van der Waals surface area contributed by atoms with Crippen molar-refractivity contribution in [1.29, 1.82) is 0 Å². The van der Waals surface area contributed by atoms with Crippen molar-refractivity contribution in [2.45, 2.75) is 27.3 Å². The van der Waals surface area contributed by atoms with Crippen LogP contribution < -0.4 is 16.0 Å². The van der Waals surface area contributed by atoms with E-state index in [1.165, 1.54) is 18.1 Å². The maximum Gasteiger partial charge on any atom is 0.216 e. The molecule has 0 saturated heterocycles.